The fourth-order valence-electron chi connectivity index (χ4n) is 12.4. The van der Waals surface area contributed by atoms with Crippen LogP contribution in [0.3, 0.4) is 0 Å². The standard InChI is InChI=1S/C80H156O17P2/c1-6-10-13-16-19-22-25-27-29-34-39-44-49-54-59-64-78(83)91-70-76(97-80(85)66-61-56-51-46-41-36-32-31-33-38-42-47-52-57-62-73(5)9-4)72-95-99(88,89)93-68-74(81)67-92-98(86,87)94-71-75(69-90-77(82)63-58-53-48-43-37-24-21-18-15-12-8-3)96-79(84)65-60-55-50-45-40-35-30-28-26-23-20-17-14-11-7-2/h73-76,81H,6-72H2,1-5H3,(H,86,87)(H,88,89)/t73?,74-,75+,76+/m0/s1. The summed E-state index contributed by atoms with van der Waals surface area (Å²) in [7, 11) is -9.92. The van der Waals surface area contributed by atoms with E-state index in [0.29, 0.717) is 25.7 Å². The number of ether oxygens (including phenoxy) is 4. The number of aliphatic hydroxyl groups is 1. The quantitative estimate of drug-likeness (QED) is 0.0222. The van der Waals surface area contributed by atoms with Gasteiger partial charge in [-0.05, 0) is 31.6 Å². The Morgan fingerprint density at radius 3 is 0.717 bits per heavy atom. The van der Waals surface area contributed by atoms with Crippen LogP contribution in [-0.4, -0.2) is 96.7 Å². The summed E-state index contributed by atoms with van der Waals surface area (Å²) in [6.45, 7) is 7.39. The van der Waals surface area contributed by atoms with Gasteiger partial charge in [0.15, 0.2) is 12.2 Å². The lowest BCUT2D eigenvalue weighted by Crippen LogP contribution is -2.30. The SMILES string of the molecule is CCCCCCCCCCCCCCCCCC(=O)OC[C@H](COP(=O)(O)OC[C@@H](O)COP(=O)(O)OC[C@@H](COC(=O)CCCCCCCCCCCCC)OC(=O)CCCCCCCCCCCCCCCCC)OC(=O)CCCCCCCCCCCCCCCCC(C)CC. The van der Waals surface area contributed by atoms with Gasteiger partial charge in [0.2, 0.25) is 0 Å². The first-order valence-corrected chi connectivity index (χ1v) is 44.7. The Labute approximate surface area is 607 Å². The molecule has 0 rings (SSSR count). The Morgan fingerprint density at radius 2 is 0.485 bits per heavy atom. The number of unbranched alkanes of at least 4 members (excludes halogenated alkanes) is 51. The summed E-state index contributed by atoms with van der Waals surface area (Å²) in [5.74, 6) is -1.26. The van der Waals surface area contributed by atoms with Crippen LogP contribution in [0.4, 0.5) is 0 Å². The second-order valence-electron chi connectivity index (χ2n) is 29.1. The molecule has 0 aromatic heterocycles. The third-order valence-electron chi connectivity index (χ3n) is 19.1. The highest BCUT2D eigenvalue weighted by Crippen LogP contribution is 2.45. The minimum absolute atomic E-state index is 0.109. The fraction of sp³-hybridized carbons (Fsp3) is 0.950. The number of hydrogen-bond acceptors (Lipinski definition) is 15. The van der Waals surface area contributed by atoms with Crippen LogP contribution in [0.15, 0.2) is 0 Å². The second kappa shape index (κ2) is 73.0. The number of carbonyl (C=O) groups is 4. The van der Waals surface area contributed by atoms with Gasteiger partial charge in [-0.25, -0.2) is 9.13 Å². The van der Waals surface area contributed by atoms with Gasteiger partial charge in [0, 0.05) is 25.7 Å². The molecule has 0 spiro atoms. The Morgan fingerprint density at radius 1 is 0.283 bits per heavy atom. The fourth-order valence-corrected chi connectivity index (χ4v) is 14.0. The average molecular weight is 1450 g/mol. The molecule has 0 aliphatic heterocycles. The molecule has 0 amide bonds. The first-order valence-electron chi connectivity index (χ1n) is 41.7. The van der Waals surface area contributed by atoms with E-state index >= 15 is 0 Å². The average Bonchev–Trinajstić information content (AvgIpc) is 1.06. The van der Waals surface area contributed by atoms with E-state index in [-0.39, 0.29) is 25.7 Å². The Balaban J connectivity index is 5.25. The smallest absolute Gasteiger partial charge is 0.462 e. The number of carbonyl (C=O) groups excluding carboxylic acids is 4. The molecular formula is C80H156O17P2. The van der Waals surface area contributed by atoms with E-state index in [9.17, 15) is 43.2 Å². The summed E-state index contributed by atoms with van der Waals surface area (Å²) in [5.41, 5.74) is 0. The summed E-state index contributed by atoms with van der Waals surface area (Å²) in [4.78, 5) is 73.0. The van der Waals surface area contributed by atoms with Gasteiger partial charge in [-0.1, -0.05) is 375 Å². The number of aliphatic hydroxyl groups excluding tert-OH is 1. The van der Waals surface area contributed by atoms with Gasteiger partial charge >= 0.3 is 39.5 Å². The highest BCUT2D eigenvalue weighted by atomic mass is 31.2. The molecule has 0 aliphatic rings. The third-order valence-corrected chi connectivity index (χ3v) is 21.0. The maximum absolute atomic E-state index is 13.1. The molecule has 0 saturated heterocycles. The van der Waals surface area contributed by atoms with Gasteiger partial charge in [-0.3, -0.25) is 37.3 Å². The van der Waals surface area contributed by atoms with Gasteiger partial charge in [-0.2, -0.15) is 0 Å². The van der Waals surface area contributed by atoms with Crippen molar-refractivity contribution in [3.63, 3.8) is 0 Å². The number of hydrogen-bond donors (Lipinski definition) is 3. The van der Waals surface area contributed by atoms with Crippen molar-refractivity contribution in [3.8, 4) is 0 Å². The molecule has 3 unspecified atom stereocenters. The molecule has 0 bridgehead atoms. The maximum Gasteiger partial charge on any atom is 0.472 e. The van der Waals surface area contributed by atoms with Crippen LogP contribution in [-0.2, 0) is 65.4 Å². The zero-order chi connectivity index (χ0) is 72.7. The van der Waals surface area contributed by atoms with E-state index in [4.69, 9.17) is 37.0 Å². The lowest BCUT2D eigenvalue weighted by molar-refractivity contribution is -0.161. The molecule has 19 heteroatoms. The van der Waals surface area contributed by atoms with E-state index in [0.717, 1.165) is 95.8 Å². The van der Waals surface area contributed by atoms with E-state index in [1.165, 1.54) is 250 Å². The van der Waals surface area contributed by atoms with Crippen molar-refractivity contribution in [2.24, 2.45) is 5.92 Å². The molecule has 0 aromatic rings. The van der Waals surface area contributed by atoms with Gasteiger partial charge < -0.3 is 33.8 Å². The van der Waals surface area contributed by atoms with E-state index in [1.54, 1.807) is 0 Å². The third kappa shape index (κ3) is 72.8. The number of rotatable bonds is 80. The van der Waals surface area contributed by atoms with Crippen LogP contribution in [0.1, 0.15) is 426 Å². The molecule has 0 aromatic carbocycles. The Hall–Kier alpha value is -1.94. The number of esters is 4. The predicted molar refractivity (Wildman–Crippen MR) is 405 cm³/mol. The summed E-state index contributed by atoms with van der Waals surface area (Å²) in [5, 5.41) is 10.6. The molecule has 3 N–H and O–H groups in total. The minimum Gasteiger partial charge on any atom is -0.462 e. The zero-order valence-electron chi connectivity index (χ0n) is 64.6. The van der Waals surface area contributed by atoms with Gasteiger partial charge in [0.25, 0.3) is 0 Å². The molecule has 0 radical (unpaired) electrons. The van der Waals surface area contributed by atoms with Crippen molar-refractivity contribution in [1.82, 2.24) is 0 Å². The summed E-state index contributed by atoms with van der Waals surface area (Å²) >= 11 is 0. The van der Waals surface area contributed by atoms with Crippen molar-refractivity contribution in [3.05, 3.63) is 0 Å². The number of phosphoric ester groups is 2. The Bertz CT molecular complexity index is 1890. The largest absolute Gasteiger partial charge is 0.472 e. The van der Waals surface area contributed by atoms with E-state index < -0.39 is 97.5 Å². The van der Waals surface area contributed by atoms with Crippen molar-refractivity contribution in [2.75, 3.05) is 39.6 Å². The van der Waals surface area contributed by atoms with E-state index in [2.05, 4.69) is 34.6 Å². The lowest BCUT2D eigenvalue weighted by Gasteiger charge is -2.21. The van der Waals surface area contributed by atoms with Gasteiger partial charge in [-0.15, -0.1) is 0 Å². The van der Waals surface area contributed by atoms with Crippen LogP contribution in [0.25, 0.3) is 0 Å². The second-order valence-corrected chi connectivity index (χ2v) is 32.0. The van der Waals surface area contributed by atoms with Crippen LogP contribution in [0, 0.1) is 5.92 Å². The molecule has 0 fully saturated rings. The molecule has 17 nitrogen and oxygen atoms in total. The topological polar surface area (TPSA) is 237 Å². The van der Waals surface area contributed by atoms with Crippen LogP contribution < -0.4 is 0 Å². The first kappa shape index (κ1) is 97.1. The van der Waals surface area contributed by atoms with Crippen molar-refractivity contribution >= 4 is 39.5 Å². The number of phosphoric acid groups is 2. The molecule has 588 valence electrons. The highest BCUT2D eigenvalue weighted by Gasteiger charge is 2.30. The van der Waals surface area contributed by atoms with Crippen LogP contribution in [0.2, 0.25) is 0 Å². The van der Waals surface area contributed by atoms with Crippen molar-refractivity contribution in [2.45, 2.75) is 445 Å². The maximum atomic E-state index is 13.1. The minimum atomic E-state index is -4.96. The van der Waals surface area contributed by atoms with Crippen LogP contribution in [0.5, 0.6) is 0 Å². The normalized spacial score (nSPS) is 14.1. The zero-order valence-corrected chi connectivity index (χ0v) is 66.4. The van der Waals surface area contributed by atoms with Gasteiger partial charge in [0.1, 0.15) is 19.3 Å². The van der Waals surface area contributed by atoms with Gasteiger partial charge in [0.05, 0.1) is 26.4 Å². The first-order chi connectivity index (χ1) is 48.1. The predicted octanol–water partition coefficient (Wildman–Crippen LogP) is 24.0. The molecular weight excluding hydrogens is 1290 g/mol. The molecule has 0 saturated carbocycles. The molecule has 6 atom stereocenters. The highest BCUT2D eigenvalue weighted by molar-refractivity contribution is 7.47. The summed E-state index contributed by atoms with van der Waals surface area (Å²) in [6.07, 6.45) is 63.5. The van der Waals surface area contributed by atoms with Crippen LogP contribution >= 0.6 is 15.6 Å². The Kier molecular flexibility index (Phi) is 71.6. The summed E-state index contributed by atoms with van der Waals surface area (Å²) < 4.78 is 68.7. The molecule has 99 heavy (non-hydrogen) atoms. The van der Waals surface area contributed by atoms with E-state index in [1.807, 2.05) is 0 Å². The van der Waals surface area contributed by atoms with Crippen molar-refractivity contribution < 1.29 is 80.2 Å². The lowest BCUT2D eigenvalue weighted by atomic mass is 9.99. The molecule has 0 aliphatic carbocycles. The summed E-state index contributed by atoms with van der Waals surface area (Å²) in [6, 6.07) is 0. The monoisotopic (exact) mass is 1450 g/mol. The van der Waals surface area contributed by atoms with Crippen molar-refractivity contribution in [1.29, 1.82) is 0 Å². The molecule has 0 heterocycles.